The summed E-state index contributed by atoms with van der Waals surface area (Å²) in [4.78, 5) is 12.1. The van der Waals surface area contributed by atoms with Crippen molar-refractivity contribution in [3.63, 3.8) is 0 Å². The van der Waals surface area contributed by atoms with E-state index >= 15 is 0 Å². The third kappa shape index (κ3) is 2.45. The molecule has 3 rings (SSSR count). The number of amides is 1. The minimum Gasteiger partial charge on any atom is -0.487 e. The van der Waals surface area contributed by atoms with Crippen LogP contribution in [0.1, 0.15) is 17.3 Å². The van der Waals surface area contributed by atoms with Gasteiger partial charge in [0.25, 0.3) is 5.91 Å². The highest BCUT2D eigenvalue weighted by Crippen LogP contribution is 2.27. The molecule has 0 saturated carbocycles. The first-order chi connectivity index (χ1) is 9.66. The molecule has 1 aliphatic rings. The van der Waals surface area contributed by atoms with Gasteiger partial charge in [0.1, 0.15) is 18.1 Å². The summed E-state index contributed by atoms with van der Waals surface area (Å²) in [6.45, 7) is 2.03. The molecule has 1 heterocycles. The number of hydrogen-bond donors (Lipinski definition) is 1. The number of benzene rings is 2. The molecule has 0 unspecified atom stereocenters. The van der Waals surface area contributed by atoms with Gasteiger partial charge in [-0.3, -0.25) is 4.79 Å². The summed E-state index contributed by atoms with van der Waals surface area (Å²) in [6.07, 6.45) is 0. The van der Waals surface area contributed by atoms with E-state index in [2.05, 4.69) is 5.32 Å². The molecule has 0 aromatic heterocycles. The SMILES string of the molecule is C[C@]1(COc2ccccc2)NC(=O)c2ccccc2O1. The summed E-state index contributed by atoms with van der Waals surface area (Å²) in [5, 5.41) is 2.83. The van der Waals surface area contributed by atoms with Gasteiger partial charge in [-0.15, -0.1) is 0 Å². The molecule has 1 aliphatic heterocycles. The Morgan fingerprint density at radius 2 is 1.80 bits per heavy atom. The fourth-order valence-corrected chi connectivity index (χ4v) is 2.12. The highest BCUT2D eigenvalue weighted by molar-refractivity contribution is 5.98. The van der Waals surface area contributed by atoms with Crippen molar-refractivity contribution in [1.29, 1.82) is 0 Å². The van der Waals surface area contributed by atoms with Gasteiger partial charge < -0.3 is 14.8 Å². The Balaban J connectivity index is 1.76. The van der Waals surface area contributed by atoms with Crippen LogP contribution in [-0.4, -0.2) is 18.2 Å². The fourth-order valence-electron chi connectivity index (χ4n) is 2.12. The minimum atomic E-state index is -0.874. The lowest BCUT2D eigenvalue weighted by atomic mass is 10.1. The summed E-state index contributed by atoms with van der Waals surface area (Å²) in [5.41, 5.74) is -0.328. The van der Waals surface area contributed by atoms with Crippen LogP contribution < -0.4 is 14.8 Å². The zero-order chi connectivity index (χ0) is 14.0. The molecule has 2 aromatic rings. The number of para-hydroxylation sites is 2. The van der Waals surface area contributed by atoms with Crippen LogP contribution in [-0.2, 0) is 0 Å². The molecule has 0 saturated heterocycles. The highest BCUT2D eigenvalue weighted by atomic mass is 16.6. The molecule has 0 aliphatic carbocycles. The first-order valence-electron chi connectivity index (χ1n) is 6.45. The van der Waals surface area contributed by atoms with Crippen LogP contribution >= 0.6 is 0 Å². The third-order valence-electron chi connectivity index (χ3n) is 3.10. The van der Waals surface area contributed by atoms with E-state index in [1.165, 1.54) is 0 Å². The number of carbonyl (C=O) groups excluding carboxylic acids is 1. The first kappa shape index (κ1) is 12.5. The van der Waals surface area contributed by atoms with Crippen LogP contribution in [0.3, 0.4) is 0 Å². The van der Waals surface area contributed by atoms with E-state index in [1.807, 2.05) is 42.5 Å². The molecule has 0 bridgehead atoms. The normalized spacial score (nSPS) is 20.6. The minimum absolute atomic E-state index is 0.147. The molecule has 4 heteroatoms. The zero-order valence-corrected chi connectivity index (χ0v) is 11.1. The van der Waals surface area contributed by atoms with Gasteiger partial charge in [0, 0.05) is 0 Å². The number of nitrogens with one attached hydrogen (secondary N) is 1. The van der Waals surface area contributed by atoms with Crippen molar-refractivity contribution in [2.45, 2.75) is 12.6 Å². The Hall–Kier alpha value is -2.49. The quantitative estimate of drug-likeness (QED) is 0.931. The molecule has 1 atom stereocenters. The number of fused-ring (bicyclic) bond motifs is 1. The lowest BCUT2D eigenvalue weighted by molar-refractivity contribution is -0.00163. The Bertz CT molecular complexity index is 627. The van der Waals surface area contributed by atoms with Gasteiger partial charge in [-0.2, -0.15) is 0 Å². The van der Waals surface area contributed by atoms with Gasteiger partial charge >= 0.3 is 0 Å². The maximum atomic E-state index is 12.1. The van der Waals surface area contributed by atoms with E-state index in [4.69, 9.17) is 9.47 Å². The Kier molecular flexibility index (Phi) is 3.06. The van der Waals surface area contributed by atoms with Gasteiger partial charge in [0.15, 0.2) is 0 Å². The highest BCUT2D eigenvalue weighted by Gasteiger charge is 2.36. The number of ether oxygens (including phenoxy) is 2. The summed E-state index contributed by atoms with van der Waals surface area (Å²) in [7, 11) is 0. The van der Waals surface area contributed by atoms with Crippen LogP contribution in [0.25, 0.3) is 0 Å². The predicted octanol–water partition coefficient (Wildman–Crippen LogP) is 2.60. The van der Waals surface area contributed by atoms with Crippen LogP contribution in [0.2, 0.25) is 0 Å². The lowest BCUT2D eigenvalue weighted by Gasteiger charge is -2.35. The van der Waals surface area contributed by atoms with Gasteiger partial charge in [-0.05, 0) is 31.2 Å². The average molecular weight is 269 g/mol. The smallest absolute Gasteiger partial charge is 0.258 e. The Morgan fingerprint density at radius 3 is 2.60 bits per heavy atom. The second-order valence-corrected chi connectivity index (χ2v) is 4.88. The topological polar surface area (TPSA) is 47.6 Å². The van der Waals surface area contributed by atoms with E-state index < -0.39 is 5.72 Å². The Labute approximate surface area is 117 Å². The van der Waals surface area contributed by atoms with Gasteiger partial charge in [-0.1, -0.05) is 30.3 Å². The number of carbonyl (C=O) groups is 1. The third-order valence-corrected chi connectivity index (χ3v) is 3.10. The van der Waals surface area contributed by atoms with Gasteiger partial charge in [0.05, 0.1) is 5.56 Å². The molecule has 0 fully saturated rings. The molecule has 1 N–H and O–H groups in total. The monoisotopic (exact) mass is 269 g/mol. The van der Waals surface area contributed by atoms with Crippen LogP contribution in [0.5, 0.6) is 11.5 Å². The van der Waals surface area contributed by atoms with Crippen molar-refractivity contribution in [2.75, 3.05) is 6.61 Å². The van der Waals surface area contributed by atoms with Crippen molar-refractivity contribution >= 4 is 5.91 Å². The molecule has 20 heavy (non-hydrogen) atoms. The standard InChI is InChI=1S/C16H15NO3/c1-16(11-19-12-7-3-2-4-8-12)17-15(18)13-9-5-6-10-14(13)20-16/h2-10H,11H2,1H3,(H,17,18)/t16-/m0/s1. The maximum Gasteiger partial charge on any atom is 0.258 e. The first-order valence-corrected chi connectivity index (χ1v) is 6.45. The van der Waals surface area contributed by atoms with Crippen LogP contribution in [0.4, 0.5) is 0 Å². The van der Waals surface area contributed by atoms with E-state index in [1.54, 1.807) is 19.1 Å². The van der Waals surface area contributed by atoms with Gasteiger partial charge in [0.2, 0.25) is 5.72 Å². The molecule has 2 aromatic carbocycles. The van der Waals surface area contributed by atoms with Crippen LogP contribution in [0.15, 0.2) is 54.6 Å². The number of hydrogen-bond acceptors (Lipinski definition) is 3. The number of rotatable bonds is 3. The van der Waals surface area contributed by atoms with Crippen LogP contribution in [0, 0.1) is 0 Å². The van der Waals surface area contributed by atoms with Gasteiger partial charge in [-0.25, -0.2) is 0 Å². The largest absolute Gasteiger partial charge is 0.487 e. The fraction of sp³-hybridized carbons (Fsp3) is 0.188. The molecular formula is C16H15NO3. The van der Waals surface area contributed by atoms with E-state index in [0.717, 1.165) is 5.75 Å². The van der Waals surface area contributed by atoms with Crippen molar-refractivity contribution in [2.24, 2.45) is 0 Å². The molecule has 0 radical (unpaired) electrons. The molecule has 102 valence electrons. The lowest BCUT2D eigenvalue weighted by Crippen LogP contribution is -2.57. The Morgan fingerprint density at radius 1 is 1.10 bits per heavy atom. The molecule has 1 amide bonds. The predicted molar refractivity (Wildman–Crippen MR) is 74.9 cm³/mol. The van der Waals surface area contributed by atoms with E-state index in [0.29, 0.717) is 11.3 Å². The summed E-state index contributed by atoms with van der Waals surface area (Å²) >= 11 is 0. The van der Waals surface area contributed by atoms with Crippen molar-refractivity contribution < 1.29 is 14.3 Å². The second kappa shape index (κ2) is 4.89. The maximum absolute atomic E-state index is 12.1. The second-order valence-electron chi connectivity index (χ2n) is 4.88. The van der Waals surface area contributed by atoms with E-state index in [9.17, 15) is 4.79 Å². The van der Waals surface area contributed by atoms with Crippen molar-refractivity contribution in [1.82, 2.24) is 5.32 Å². The molecule has 0 spiro atoms. The van der Waals surface area contributed by atoms with Crippen molar-refractivity contribution in [3.05, 3.63) is 60.2 Å². The summed E-state index contributed by atoms with van der Waals surface area (Å²) in [6, 6.07) is 16.6. The summed E-state index contributed by atoms with van der Waals surface area (Å²) in [5.74, 6) is 1.17. The summed E-state index contributed by atoms with van der Waals surface area (Å²) < 4.78 is 11.5. The molecular weight excluding hydrogens is 254 g/mol. The van der Waals surface area contributed by atoms with E-state index in [-0.39, 0.29) is 12.5 Å². The van der Waals surface area contributed by atoms with Crippen molar-refractivity contribution in [3.8, 4) is 11.5 Å². The molecule has 4 nitrogen and oxygen atoms in total. The average Bonchev–Trinajstić information content (AvgIpc) is 2.46. The zero-order valence-electron chi connectivity index (χ0n) is 11.1.